The van der Waals surface area contributed by atoms with E-state index in [2.05, 4.69) is 18.8 Å². The van der Waals surface area contributed by atoms with Crippen molar-refractivity contribution in [3.05, 3.63) is 18.0 Å². The lowest BCUT2D eigenvalue weighted by Gasteiger charge is -2.19. The second-order valence-corrected chi connectivity index (χ2v) is 5.30. The summed E-state index contributed by atoms with van der Waals surface area (Å²) in [4.78, 5) is 4.48. The van der Waals surface area contributed by atoms with Crippen LogP contribution in [0.2, 0.25) is 0 Å². The molecule has 0 radical (unpaired) electrons. The van der Waals surface area contributed by atoms with Gasteiger partial charge in [-0.1, -0.05) is 39.5 Å². The highest BCUT2D eigenvalue weighted by Gasteiger charge is 2.13. The molecule has 0 amide bonds. The van der Waals surface area contributed by atoms with Crippen LogP contribution in [0.5, 0.6) is 11.5 Å². The Labute approximate surface area is 116 Å². The highest BCUT2D eigenvalue weighted by molar-refractivity contribution is 5.39. The molecule has 0 aliphatic carbocycles. The van der Waals surface area contributed by atoms with Crippen molar-refractivity contribution < 1.29 is 9.47 Å². The van der Waals surface area contributed by atoms with E-state index in [-0.39, 0.29) is 0 Å². The Bertz CT molecular complexity index is 386. The molecule has 1 aromatic rings. The van der Waals surface area contributed by atoms with Gasteiger partial charge in [0.15, 0.2) is 11.5 Å². The smallest absolute Gasteiger partial charge is 0.179 e. The summed E-state index contributed by atoms with van der Waals surface area (Å²) >= 11 is 0. The summed E-state index contributed by atoms with van der Waals surface area (Å²) in [6, 6.07) is 2.05. The summed E-state index contributed by atoms with van der Waals surface area (Å²) in [5.74, 6) is 2.48. The van der Waals surface area contributed by atoms with E-state index in [9.17, 15) is 0 Å². The molecule has 0 saturated heterocycles. The van der Waals surface area contributed by atoms with Gasteiger partial charge in [-0.15, -0.1) is 0 Å². The number of aryl methyl sites for hydroxylation is 1. The molecule has 1 aliphatic heterocycles. The molecule has 1 aliphatic rings. The average Bonchev–Trinajstić information content (AvgIpc) is 2.45. The van der Waals surface area contributed by atoms with Crippen molar-refractivity contribution in [1.29, 1.82) is 0 Å². The third-order valence-electron chi connectivity index (χ3n) is 3.69. The van der Waals surface area contributed by atoms with Gasteiger partial charge in [-0.25, -0.2) is 0 Å². The van der Waals surface area contributed by atoms with E-state index in [4.69, 9.17) is 9.47 Å². The zero-order chi connectivity index (χ0) is 13.5. The summed E-state index contributed by atoms with van der Waals surface area (Å²) in [7, 11) is 0. The highest BCUT2D eigenvalue weighted by Crippen LogP contribution is 2.30. The maximum absolute atomic E-state index is 5.60. The van der Waals surface area contributed by atoms with Crippen LogP contribution in [-0.2, 0) is 6.42 Å². The van der Waals surface area contributed by atoms with E-state index in [1.165, 1.54) is 32.1 Å². The van der Waals surface area contributed by atoms with Gasteiger partial charge in [-0.05, 0) is 18.8 Å². The molecule has 3 heteroatoms. The van der Waals surface area contributed by atoms with Crippen LogP contribution >= 0.6 is 0 Å². The minimum atomic E-state index is 0.628. The van der Waals surface area contributed by atoms with Gasteiger partial charge in [0, 0.05) is 11.8 Å². The molecule has 2 heterocycles. The minimum Gasteiger partial charge on any atom is -0.486 e. The Balaban J connectivity index is 1.91. The maximum Gasteiger partial charge on any atom is 0.179 e. The van der Waals surface area contributed by atoms with E-state index >= 15 is 0 Å². The molecule has 0 unspecified atom stereocenters. The van der Waals surface area contributed by atoms with Crippen LogP contribution in [0.15, 0.2) is 12.3 Å². The van der Waals surface area contributed by atoms with Crippen molar-refractivity contribution in [3.63, 3.8) is 0 Å². The third-order valence-corrected chi connectivity index (χ3v) is 3.69. The quantitative estimate of drug-likeness (QED) is 0.745. The first kappa shape index (κ1) is 14.2. The lowest BCUT2D eigenvalue weighted by molar-refractivity contribution is 0.170. The van der Waals surface area contributed by atoms with E-state index in [0.717, 1.165) is 29.5 Å². The first-order chi connectivity index (χ1) is 9.33. The second-order valence-electron chi connectivity index (χ2n) is 5.30. The van der Waals surface area contributed by atoms with Gasteiger partial charge < -0.3 is 9.47 Å². The topological polar surface area (TPSA) is 31.4 Å². The first-order valence-electron chi connectivity index (χ1n) is 7.58. The summed E-state index contributed by atoms with van der Waals surface area (Å²) < 4.78 is 11.1. The van der Waals surface area contributed by atoms with Crippen molar-refractivity contribution in [2.45, 2.75) is 52.4 Å². The number of hydrogen-bond donors (Lipinski definition) is 0. The molecule has 106 valence electrons. The largest absolute Gasteiger partial charge is 0.486 e. The molecule has 1 aromatic heterocycles. The predicted molar refractivity (Wildman–Crippen MR) is 76.9 cm³/mol. The number of rotatable bonds is 7. The molecule has 0 saturated carbocycles. The fraction of sp³-hybridized carbons (Fsp3) is 0.688. The number of pyridine rings is 1. The van der Waals surface area contributed by atoms with Gasteiger partial charge in [0.2, 0.25) is 0 Å². The lowest BCUT2D eigenvalue weighted by atomic mass is 9.92. The standard InChI is InChI=1S/C16H25NO2/c1-3-5-13(6-4-2)7-8-14-11-15-16(12-17-14)19-10-9-18-15/h11-13H,3-10H2,1-2H3. The predicted octanol–water partition coefficient (Wildman–Crippen LogP) is 4.00. The number of nitrogens with zero attached hydrogens (tertiary/aromatic N) is 1. The van der Waals surface area contributed by atoms with Crippen LogP contribution in [-0.4, -0.2) is 18.2 Å². The van der Waals surface area contributed by atoms with Crippen LogP contribution in [0.3, 0.4) is 0 Å². The Kier molecular flexibility index (Phi) is 5.49. The fourth-order valence-corrected chi connectivity index (χ4v) is 2.73. The zero-order valence-electron chi connectivity index (χ0n) is 12.2. The molecular formula is C16H25NO2. The van der Waals surface area contributed by atoms with E-state index in [1.54, 1.807) is 6.20 Å². The van der Waals surface area contributed by atoms with Crippen LogP contribution < -0.4 is 9.47 Å². The van der Waals surface area contributed by atoms with Crippen molar-refractivity contribution in [2.24, 2.45) is 5.92 Å². The van der Waals surface area contributed by atoms with Crippen molar-refractivity contribution >= 4 is 0 Å². The molecule has 3 nitrogen and oxygen atoms in total. The van der Waals surface area contributed by atoms with Crippen molar-refractivity contribution in [3.8, 4) is 11.5 Å². The van der Waals surface area contributed by atoms with E-state index < -0.39 is 0 Å². The molecule has 0 fully saturated rings. The number of hydrogen-bond acceptors (Lipinski definition) is 3. The fourth-order valence-electron chi connectivity index (χ4n) is 2.73. The Hall–Kier alpha value is -1.25. The van der Waals surface area contributed by atoms with Gasteiger partial charge in [0.25, 0.3) is 0 Å². The molecule has 0 atom stereocenters. The summed E-state index contributed by atoms with van der Waals surface area (Å²) in [5.41, 5.74) is 1.13. The summed E-state index contributed by atoms with van der Waals surface area (Å²) in [6.45, 7) is 5.81. The van der Waals surface area contributed by atoms with E-state index in [0.29, 0.717) is 13.2 Å². The molecule has 2 rings (SSSR count). The van der Waals surface area contributed by atoms with Crippen LogP contribution in [0, 0.1) is 5.92 Å². The molecule has 0 bridgehead atoms. The Morgan fingerprint density at radius 1 is 1.05 bits per heavy atom. The van der Waals surface area contributed by atoms with E-state index in [1.807, 2.05) is 6.07 Å². The first-order valence-corrected chi connectivity index (χ1v) is 7.58. The second kappa shape index (κ2) is 7.37. The number of ether oxygens (including phenoxy) is 2. The summed E-state index contributed by atoms with van der Waals surface area (Å²) in [5, 5.41) is 0. The lowest BCUT2D eigenvalue weighted by Crippen LogP contribution is -2.16. The monoisotopic (exact) mass is 263 g/mol. The van der Waals surface area contributed by atoms with Gasteiger partial charge in [-0.3, -0.25) is 4.98 Å². The molecule has 19 heavy (non-hydrogen) atoms. The Morgan fingerprint density at radius 2 is 1.74 bits per heavy atom. The molecule has 0 N–H and O–H groups in total. The average molecular weight is 263 g/mol. The molecule has 0 aromatic carbocycles. The van der Waals surface area contributed by atoms with Gasteiger partial charge >= 0.3 is 0 Å². The molecular weight excluding hydrogens is 238 g/mol. The number of aromatic nitrogens is 1. The van der Waals surface area contributed by atoms with Crippen molar-refractivity contribution in [1.82, 2.24) is 4.98 Å². The van der Waals surface area contributed by atoms with Gasteiger partial charge in [0.1, 0.15) is 13.2 Å². The van der Waals surface area contributed by atoms with Gasteiger partial charge in [-0.2, -0.15) is 0 Å². The number of fused-ring (bicyclic) bond motifs is 1. The maximum atomic E-state index is 5.60. The molecule has 0 spiro atoms. The normalized spacial score (nSPS) is 13.8. The van der Waals surface area contributed by atoms with Crippen molar-refractivity contribution in [2.75, 3.05) is 13.2 Å². The van der Waals surface area contributed by atoms with Gasteiger partial charge in [0.05, 0.1) is 6.20 Å². The van der Waals surface area contributed by atoms with Crippen LogP contribution in [0.4, 0.5) is 0 Å². The minimum absolute atomic E-state index is 0.628. The summed E-state index contributed by atoms with van der Waals surface area (Å²) in [6.07, 6.45) is 9.29. The third kappa shape index (κ3) is 4.12. The SMILES string of the molecule is CCCC(CCC)CCc1cc2c(cn1)OCCO2. The van der Waals surface area contributed by atoms with Crippen LogP contribution in [0.1, 0.15) is 51.6 Å². The Morgan fingerprint density at radius 3 is 2.42 bits per heavy atom. The zero-order valence-corrected chi connectivity index (χ0v) is 12.2. The highest BCUT2D eigenvalue weighted by atomic mass is 16.6. The van der Waals surface area contributed by atoms with Crippen LogP contribution in [0.25, 0.3) is 0 Å².